The quantitative estimate of drug-likeness (QED) is 0.628. The standard InChI is InChI=1S/C13H12Cl2F3NO4/c1-6-7(14)4-3-5-8(6)19-10(20)9(15)12(22,11(21)23-2)13(16,17)18/h3-5,9,22H,1-2H3,(H,19,20)/t9-,12+/m1/s1. The molecule has 2 N–H and O–H groups in total. The van der Waals surface area contributed by atoms with Gasteiger partial charge in [0.25, 0.3) is 5.60 Å². The summed E-state index contributed by atoms with van der Waals surface area (Å²) in [7, 11) is 0.627. The highest BCUT2D eigenvalue weighted by Crippen LogP contribution is 2.37. The van der Waals surface area contributed by atoms with Gasteiger partial charge in [0.1, 0.15) is 0 Å². The number of benzene rings is 1. The van der Waals surface area contributed by atoms with Gasteiger partial charge in [-0.25, -0.2) is 4.79 Å². The fourth-order valence-electron chi connectivity index (χ4n) is 1.65. The number of carbonyl (C=O) groups is 2. The molecule has 5 nitrogen and oxygen atoms in total. The second-order valence-electron chi connectivity index (χ2n) is 4.52. The van der Waals surface area contributed by atoms with Crippen LogP contribution in [0.5, 0.6) is 0 Å². The number of ether oxygens (including phenoxy) is 1. The first-order valence-electron chi connectivity index (χ1n) is 6.04. The minimum absolute atomic E-state index is 0.0857. The van der Waals surface area contributed by atoms with Crippen LogP contribution >= 0.6 is 23.2 Å². The Morgan fingerprint density at radius 3 is 2.39 bits per heavy atom. The zero-order valence-electron chi connectivity index (χ0n) is 11.9. The van der Waals surface area contributed by atoms with E-state index in [0.717, 1.165) is 0 Å². The lowest BCUT2D eigenvalue weighted by atomic mass is 9.97. The van der Waals surface area contributed by atoms with Gasteiger partial charge in [-0.15, -0.1) is 11.6 Å². The molecule has 10 heteroatoms. The Hall–Kier alpha value is -1.51. The number of aliphatic hydroxyl groups is 1. The first-order chi connectivity index (χ1) is 10.5. The summed E-state index contributed by atoms with van der Waals surface area (Å²) < 4.78 is 42.9. The number of carbonyl (C=O) groups excluding carboxylic acids is 2. The van der Waals surface area contributed by atoms with E-state index in [1.165, 1.54) is 25.1 Å². The predicted octanol–water partition coefficient (Wildman–Crippen LogP) is 2.66. The second-order valence-corrected chi connectivity index (χ2v) is 5.36. The third kappa shape index (κ3) is 3.70. The fourth-order valence-corrected chi connectivity index (χ4v) is 2.09. The van der Waals surface area contributed by atoms with E-state index >= 15 is 0 Å². The summed E-state index contributed by atoms with van der Waals surface area (Å²) in [6, 6.07) is 4.32. The van der Waals surface area contributed by atoms with Gasteiger partial charge in [0.05, 0.1) is 7.11 Å². The van der Waals surface area contributed by atoms with Crippen LogP contribution in [0.3, 0.4) is 0 Å². The summed E-state index contributed by atoms with van der Waals surface area (Å²) in [6.07, 6.45) is -5.52. The Labute approximate surface area is 139 Å². The van der Waals surface area contributed by atoms with Crippen molar-refractivity contribution < 1.29 is 32.6 Å². The molecule has 128 valence electrons. The number of esters is 1. The largest absolute Gasteiger partial charge is 0.467 e. The van der Waals surface area contributed by atoms with Crippen LogP contribution in [-0.2, 0) is 14.3 Å². The average molecular weight is 374 g/mol. The van der Waals surface area contributed by atoms with Gasteiger partial charge in [0.2, 0.25) is 5.91 Å². The smallest absolute Gasteiger partial charge is 0.430 e. The Bertz CT molecular complexity index is 624. The van der Waals surface area contributed by atoms with Crippen molar-refractivity contribution in [2.24, 2.45) is 0 Å². The van der Waals surface area contributed by atoms with Gasteiger partial charge in [-0.3, -0.25) is 4.79 Å². The average Bonchev–Trinajstić information content (AvgIpc) is 2.48. The summed E-state index contributed by atoms with van der Waals surface area (Å²) in [6.45, 7) is 1.51. The number of hydrogen-bond acceptors (Lipinski definition) is 4. The molecule has 1 aromatic rings. The Kier molecular flexibility index (Phi) is 5.89. The highest BCUT2D eigenvalue weighted by atomic mass is 35.5. The summed E-state index contributed by atoms with van der Waals surface area (Å²) in [4.78, 5) is 23.3. The van der Waals surface area contributed by atoms with Crippen LogP contribution in [0.4, 0.5) is 18.9 Å². The van der Waals surface area contributed by atoms with Crippen LogP contribution in [0.2, 0.25) is 5.02 Å². The third-order valence-electron chi connectivity index (χ3n) is 3.05. The molecular formula is C13H12Cl2F3NO4. The molecule has 0 heterocycles. The van der Waals surface area contributed by atoms with Crippen LogP contribution in [0.15, 0.2) is 18.2 Å². The van der Waals surface area contributed by atoms with E-state index in [4.69, 9.17) is 23.2 Å². The zero-order valence-corrected chi connectivity index (χ0v) is 13.4. The maximum Gasteiger partial charge on any atom is 0.430 e. The number of alkyl halides is 4. The summed E-state index contributed by atoms with van der Waals surface area (Å²) >= 11 is 11.2. The van der Waals surface area contributed by atoms with Crippen molar-refractivity contribution in [2.75, 3.05) is 12.4 Å². The van der Waals surface area contributed by atoms with Gasteiger partial charge in [-0.1, -0.05) is 17.7 Å². The lowest BCUT2D eigenvalue weighted by Gasteiger charge is -2.30. The van der Waals surface area contributed by atoms with Crippen molar-refractivity contribution in [3.05, 3.63) is 28.8 Å². The molecule has 0 spiro atoms. The fraction of sp³-hybridized carbons (Fsp3) is 0.385. The van der Waals surface area contributed by atoms with E-state index in [1.54, 1.807) is 0 Å². The van der Waals surface area contributed by atoms with Gasteiger partial charge < -0.3 is 15.2 Å². The molecule has 1 amide bonds. The van der Waals surface area contributed by atoms with Crippen molar-refractivity contribution in [2.45, 2.75) is 24.1 Å². The molecule has 0 unspecified atom stereocenters. The predicted molar refractivity (Wildman–Crippen MR) is 77.5 cm³/mol. The highest BCUT2D eigenvalue weighted by molar-refractivity contribution is 6.35. The lowest BCUT2D eigenvalue weighted by molar-refractivity contribution is -0.260. The van der Waals surface area contributed by atoms with Crippen LogP contribution in [-0.4, -0.2) is 41.2 Å². The Morgan fingerprint density at radius 1 is 1.35 bits per heavy atom. The minimum atomic E-state index is -5.52. The van der Waals surface area contributed by atoms with Crippen molar-refractivity contribution >= 4 is 40.8 Å². The van der Waals surface area contributed by atoms with E-state index < -0.39 is 29.0 Å². The summed E-state index contributed by atoms with van der Waals surface area (Å²) in [5.74, 6) is -3.54. The number of methoxy groups -OCH3 is 1. The van der Waals surface area contributed by atoms with Gasteiger partial charge >= 0.3 is 12.1 Å². The molecule has 1 rings (SSSR count). The van der Waals surface area contributed by atoms with Crippen molar-refractivity contribution in [3.63, 3.8) is 0 Å². The molecule has 1 aromatic carbocycles. The third-order valence-corrected chi connectivity index (χ3v) is 3.97. The molecule has 0 saturated heterocycles. The van der Waals surface area contributed by atoms with Crippen LogP contribution in [0.25, 0.3) is 0 Å². The molecule has 0 bridgehead atoms. The number of hydrogen-bond donors (Lipinski definition) is 2. The number of halogens is 5. The molecule has 0 aliphatic heterocycles. The Balaban J connectivity index is 3.15. The van der Waals surface area contributed by atoms with Crippen LogP contribution < -0.4 is 5.32 Å². The molecule has 23 heavy (non-hydrogen) atoms. The van der Waals surface area contributed by atoms with Crippen molar-refractivity contribution in [3.8, 4) is 0 Å². The Morgan fingerprint density at radius 2 is 1.91 bits per heavy atom. The number of anilines is 1. The number of rotatable bonds is 4. The number of amides is 1. The van der Waals surface area contributed by atoms with Gasteiger partial charge in [-0.2, -0.15) is 13.2 Å². The van der Waals surface area contributed by atoms with Crippen LogP contribution in [0.1, 0.15) is 5.56 Å². The van der Waals surface area contributed by atoms with Gasteiger partial charge in [0.15, 0.2) is 5.38 Å². The maximum absolute atomic E-state index is 13.0. The molecule has 0 fully saturated rings. The van der Waals surface area contributed by atoms with E-state index in [-0.39, 0.29) is 10.7 Å². The zero-order chi connectivity index (χ0) is 18.0. The molecule has 0 aromatic heterocycles. The van der Waals surface area contributed by atoms with Crippen LogP contribution in [0, 0.1) is 6.92 Å². The van der Waals surface area contributed by atoms with E-state index in [2.05, 4.69) is 10.1 Å². The molecule has 0 aliphatic rings. The van der Waals surface area contributed by atoms with Gasteiger partial charge in [0, 0.05) is 10.7 Å². The van der Waals surface area contributed by atoms with E-state index in [9.17, 15) is 27.9 Å². The SMILES string of the molecule is COC(=O)[C@@](O)([C@H](Cl)C(=O)Nc1cccc(Cl)c1C)C(F)(F)F. The molecule has 0 radical (unpaired) electrons. The first kappa shape index (κ1) is 19.5. The van der Waals surface area contributed by atoms with E-state index in [0.29, 0.717) is 12.7 Å². The second kappa shape index (κ2) is 6.94. The first-order valence-corrected chi connectivity index (χ1v) is 6.85. The topological polar surface area (TPSA) is 75.6 Å². The molecule has 0 aliphatic carbocycles. The molecule has 2 atom stereocenters. The summed E-state index contributed by atoms with van der Waals surface area (Å²) in [5, 5.41) is 9.31. The highest BCUT2D eigenvalue weighted by Gasteiger charge is 2.67. The molecule has 0 saturated carbocycles. The lowest BCUT2D eigenvalue weighted by Crippen LogP contribution is -2.62. The summed E-state index contributed by atoms with van der Waals surface area (Å²) in [5.41, 5.74) is -3.73. The number of nitrogens with one attached hydrogen (secondary N) is 1. The monoisotopic (exact) mass is 373 g/mol. The maximum atomic E-state index is 13.0. The normalized spacial score (nSPS) is 15.5. The molecular weight excluding hydrogens is 362 g/mol. The van der Waals surface area contributed by atoms with Crippen molar-refractivity contribution in [1.82, 2.24) is 0 Å². The van der Waals surface area contributed by atoms with E-state index in [1.807, 2.05) is 0 Å². The van der Waals surface area contributed by atoms with Crippen molar-refractivity contribution in [1.29, 1.82) is 0 Å². The minimum Gasteiger partial charge on any atom is -0.467 e. The van der Waals surface area contributed by atoms with Gasteiger partial charge in [-0.05, 0) is 24.6 Å².